The molecule has 0 atom stereocenters. The van der Waals surface area contributed by atoms with Gasteiger partial charge in [0.2, 0.25) is 0 Å². The molecule has 78 valence electrons. The summed E-state index contributed by atoms with van der Waals surface area (Å²) in [5, 5.41) is 19.0. The van der Waals surface area contributed by atoms with Crippen molar-refractivity contribution >= 4 is 0 Å². The largest absolute Gasteiger partial charge is 0.508 e. The van der Waals surface area contributed by atoms with Crippen LogP contribution >= 0.6 is 0 Å². The first kappa shape index (κ1) is 11.1. The molecule has 0 aromatic heterocycles. The van der Waals surface area contributed by atoms with Crippen molar-refractivity contribution in [3.63, 3.8) is 0 Å². The van der Waals surface area contributed by atoms with Crippen LogP contribution in [0, 0.1) is 13.8 Å². The van der Waals surface area contributed by atoms with E-state index in [4.69, 9.17) is 0 Å². The van der Waals surface area contributed by atoms with Crippen LogP contribution in [-0.2, 0) is 5.41 Å². The van der Waals surface area contributed by atoms with Crippen molar-refractivity contribution < 1.29 is 10.2 Å². The number of aliphatic hydroxyl groups excluding tert-OH is 1. The van der Waals surface area contributed by atoms with E-state index in [0.29, 0.717) is 0 Å². The third-order valence-corrected chi connectivity index (χ3v) is 2.79. The molecule has 0 aliphatic rings. The monoisotopic (exact) mass is 194 g/mol. The van der Waals surface area contributed by atoms with Gasteiger partial charge in [-0.25, -0.2) is 0 Å². The number of hydrogen-bond donors (Lipinski definition) is 2. The summed E-state index contributed by atoms with van der Waals surface area (Å²) in [6.45, 7) is 7.86. The van der Waals surface area contributed by atoms with Crippen LogP contribution in [0.1, 0.15) is 30.5 Å². The second-order valence-corrected chi connectivity index (χ2v) is 4.44. The number of aromatic hydroxyl groups is 1. The fraction of sp³-hybridized carbons (Fsp3) is 0.500. The Bertz CT molecular complexity index is 340. The Morgan fingerprint density at radius 2 is 1.79 bits per heavy atom. The fourth-order valence-electron chi connectivity index (χ4n) is 1.73. The zero-order valence-corrected chi connectivity index (χ0v) is 9.26. The predicted molar refractivity (Wildman–Crippen MR) is 57.7 cm³/mol. The standard InChI is InChI=1S/C12H18O2/c1-8-5-6-10(14)11(9(8)2)12(3,4)7-13/h5-6,13-14H,7H2,1-4H3. The van der Waals surface area contributed by atoms with E-state index in [2.05, 4.69) is 0 Å². The predicted octanol–water partition coefficient (Wildman–Crippen LogP) is 2.28. The SMILES string of the molecule is Cc1ccc(O)c(C(C)(C)CO)c1C. The van der Waals surface area contributed by atoms with Crippen LogP contribution in [0.4, 0.5) is 0 Å². The molecule has 2 N–H and O–H groups in total. The molecule has 0 bridgehead atoms. The molecular formula is C12H18O2. The number of rotatable bonds is 2. The summed E-state index contributed by atoms with van der Waals surface area (Å²) in [5.41, 5.74) is 2.66. The summed E-state index contributed by atoms with van der Waals surface area (Å²) in [5.74, 6) is 0.271. The molecular weight excluding hydrogens is 176 g/mol. The second-order valence-electron chi connectivity index (χ2n) is 4.44. The van der Waals surface area contributed by atoms with Gasteiger partial charge in [-0.2, -0.15) is 0 Å². The molecule has 1 rings (SSSR count). The summed E-state index contributed by atoms with van der Waals surface area (Å²) < 4.78 is 0. The van der Waals surface area contributed by atoms with Gasteiger partial charge in [0.1, 0.15) is 5.75 Å². The minimum Gasteiger partial charge on any atom is -0.508 e. The number of aliphatic hydroxyl groups is 1. The van der Waals surface area contributed by atoms with E-state index in [1.54, 1.807) is 6.07 Å². The van der Waals surface area contributed by atoms with Gasteiger partial charge in [-0.3, -0.25) is 0 Å². The maximum absolute atomic E-state index is 9.77. The van der Waals surface area contributed by atoms with Gasteiger partial charge in [-0.15, -0.1) is 0 Å². The van der Waals surface area contributed by atoms with E-state index in [1.807, 2.05) is 33.8 Å². The highest BCUT2D eigenvalue weighted by atomic mass is 16.3. The highest BCUT2D eigenvalue weighted by Gasteiger charge is 2.25. The molecule has 0 amide bonds. The lowest BCUT2D eigenvalue weighted by Crippen LogP contribution is -2.23. The van der Waals surface area contributed by atoms with E-state index in [9.17, 15) is 10.2 Å². The van der Waals surface area contributed by atoms with E-state index in [-0.39, 0.29) is 17.8 Å². The third kappa shape index (κ3) is 1.75. The van der Waals surface area contributed by atoms with Gasteiger partial charge in [0, 0.05) is 11.0 Å². The number of phenolic OH excluding ortho intramolecular Hbond substituents is 1. The van der Waals surface area contributed by atoms with E-state index in [1.165, 1.54) is 0 Å². The van der Waals surface area contributed by atoms with Gasteiger partial charge in [0.05, 0.1) is 6.61 Å². The van der Waals surface area contributed by atoms with E-state index in [0.717, 1.165) is 16.7 Å². The highest BCUT2D eigenvalue weighted by Crippen LogP contribution is 2.34. The number of phenols is 1. The van der Waals surface area contributed by atoms with Crippen LogP contribution in [-0.4, -0.2) is 16.8 Å². The summed E-state index contributed by atoms with van der Waals surface area (Å²) in [6.07, 6.45) is 0. The average molecular weight is 194 g/mol. The molecule has 0 fully saturated rings. The Labute approximate surface area is 85.2 Å². The number of aryl methyl sites for hydroxylation is 1. The molecule has 0 aliphatic carbocycles. The molecule has 0 aliphatic heterocycles. The molecule has 14 heavy (non-hydrogen) atoms. The molecule has 0 saturated heterocycles. The molecule has 0 saturated carbocycles. The van der Waals surface area contributed by atoms with Crippen LogP contribution in [0.2, 0.25) is 0 Å². The first-order valence-corrected chi connectivity index (χ1v) is 4.80. The normalized spacial score (nSPS) is 11.8. The Kier molecular flexibility index (Phi) is 2.86. The van der Waals surface area contributed by atoms with E-state index < -0.39 is 0 Å². The average Bonchev–Trinajstić information content (AvgIpc) is 2.12. The quantitative estimate of drug-likeness (QED) is 0.758. The zero-order chi connectivity index (χ0) is 10.9. The Morgan fingerprint density at radius 3 is 2.29 bits per heavy atom. The van der Waals surface area contributed by atoms with Crippen LogP contribution < -0.4 is 0 Å². The third-order valence-electron chi connectivity index (χ3n) is 2.79. The van der Waals surface area contributed by atoms with Crippen molar-refractivity contribution in [2.45, 2.75) is 33.1 Å². The Morgan fingerprint density at radius 1 is 1.21 bits per heavy atom. The van der Waals surface area contributed by atoms with Crippen molar-refractivity contribution in [3.8, 4) is 5.75 Å². The van der Waals surface area contributed by atoms with Gasteiger partial charge in [-0.05, 0) is 31.0 Å². The number of hydrogen-bond acceptors (Lipinski definition) is 2. The highest BCUT2D eigenvalue weighted by molar-refractivity contribution is 5.47. The topological polar surface area (TPSA) is 40.5 Å². The van der Waals surface area contributed by atoms with Gasteiger partial charge >= 0.3 is 0 Å². The van der Waals surface area contributed by atoms with Crippen LogP contribution in [0.5, 0.6) is 5.75 Å². The van der Waals surface area contributed by atoms with Gasteiger partial charge < -0.3 is 10.2 Å². The van der Waals surface area contributed by atoms with Crippen molar-refractivity contribution in [1.29, 1.82) is 0 Å². The minimum absolute atomic E-state index is 0.0326. The maximum Gasteiger partial charge on any atom is 0.119 e. The lowest BCUT2D eigenvalue weighted by Gasteiger charge is -2.26. The molecule has 1 aromatic rings. The molecule has 2 nitrogen and oxygen atoms in total. The van der Waals surface area contributed by atoms with Crippen molar-refractivity contribution in [3.05, 3.63) is 28.8 Å². The van der Waals surface area contributed by atoms with Crippen LogP contribution in [0.15, 0.2) is 12.1 Å². The Balaban J connectivity index is 3.40. The Hall–Kier alpha value is -1.02. The van der Waals surface area contributed by atoms with Crippen molar-refractivity contribution in [1.82, 2.24) is 0 Å². The van der Waals surface area contributed by atoms with Crippen molar-refractivity contribution in [2.75, 3.05) is 6.61 Å². The van der Waals surface area contributed by atoms with E-state index >= 15 is 0 Å². The summed E-state index contributed by atoms with van der Waals surface area (Å²) in [4.78, 5) is 0. The molecule has 2 heteroatoms. The first-order chi connectivity index (χ1) is 6.40. The lowest BCUT2D eigenvalue weighted by molar-refractivity contribution is 0.214. The minimum atomic E-state index is -0.389. The lowest BCUT2D eigenvalue weighted by atomic mass is 9.81. The molecule has 1 aromatic carbocycles. The summed E-state index contributed by atoms with van der Waals surface area (Å²) in [6, 6.07) is 3.58. The second kappa shape index (κ2) is 3.62. The van der Waals surface area contributed by atoms with Crippen molar-refractivity contribution in [2.24, 2.45) is 0 Å². The number of benzene rings is 1. The smallest absolute Gasteiger partial charge is 0.119 e. The molecule has 0 heterocycles. The van der Waals surface area contributed by atoms with Crippen LogP contribution in [0.3, 0.4) is 0 Å². The summed E-state index contributed by atoms with van der Waals surface area (Å²) in [7, 11) is 0. The molecule has 0 radical (unpaired) electrons. The maximum atomic E-state index is 9.77. The molecule has 0 spiro atoms. The fourth-order valence-corrected chi connectivity index (χ4v) is 1.73. The first-order valence-electron chi connectivity index (χ1n) is 4.80. The van der Waals surface area contributed by atoms with Gasteiger partial charge in [0.15, 0.2) is 0 Å². The van der Waals surface area contributed by atoms with Gasteiger partial charge in [-0.1, -0.05) is 19.9 Å². The molecule has 0 unspecified atom stereocenters. The van der Waals surface area contributed by atoms with Gasteiger partial charge in [0.25, 0.3) is 0 Å². The van der Waals surface area contributed by atoms with Crippen LogP contribution in [0.25, 0.3) is 0 Å². The summed E-state index contributed by atoms with van der Waals surface area (Å²) >= 11 is 0. The zero-order valence-electron chi connectivity index (χ0n) is 9.26.